The standard InChI is InChI=1S/C17H14Cl3N3O2/c1-2-15(24)22-13-5-3-4-10(7-13)17(25)23-21-9-11-6-12(18)8-14(19)16(11)20/h3-9H,2H2,1H3,(H,22,24)(H,23,25)/b21-9+. The first kappa shape index (κ1) is 19.2. The fraction of sp³-hybridized carbons (Fsp3) is 0.118. The van der Waals surface area contributed by atoms with Crippen LogP contribution in [0.25, 0.3) is 0 Å². The molecule has 0 fully saturated rings. The summed E-state index contributed by atoms with van der Waals surface area (Å²) in [6.45, 7) is 1.74. The van der Waals surface area contributed by atoms with E-state index < -0.39 is 5.91 Å². The summed E-state index contributed by atoms with van der Waals surface area (Å²) in [5.41, 5.74) is 3.74. The lowest BCUT2D eigenvalue weighted by molar-refractivity contribution is -0.115. The maximum atomic E-state index is 12.1. The first-order chi connectivity index (χ1) is 11.9. The van der Waals surface area contributed by atoms with Gasteiger partial charge in [0.25, 0.3) is 5.91 Å². The van der Waals surface area contributed by atoms with Crippen LogP contribution in [-0.4, -0.2) is 18.0 Å². The molecule has 0 spiro atoms. The maximum Gasteiger partial charge on any atom is 0.271 e. The minimum Gasteiger partial charge on any atom is -0.326 e. The molecule has 0 aliphatic rings. The number of carbonyl (C=O) groups is 2. The van der Waals surface area contributed by atoms with Crippen molar-refractivity contribution < 1.29 is 9.59 Å². The summed E-state index contributed by atoms with van der Waals surface area (Å²) < 4.78 is 0. The van der Waals surface area contributed by atoms with E-state index in [2.05, 4.69) is 15.8 Å². The average Bonchev–Trinajstić information content (AvgIpc) is 2.59. The van der Waals surface area contributed by atoms with Gasteiger partial charge in [0.1, 0.15) is 0 Å². The molecule has 0 heterocycles. The number of nitrogens with one attached hydrogen (secondary N) is 2. The van der Waals surface area contributed by atoms with Crippen LogP contribution in [0.5, 0.6) is 0 Å². The zero-order chi connectivity index (χ0) is 18.4. The molecule has 0 aliphatic carbocycles. The van der Waals surface area contributed by atoms with E-state index in [1.165, 1.54) is 12.3 Å². The van der Waals surface area contributed by atoms with E-state index in [-0.39, 0.29) is 10.9 Å². The summed E-state index contributed by atoms with van der Waals surface area (Å²) in [5, 5.41) is 7.52. The Morgan fingerprint density at radius 3 is 2.64 bits per heavy atom. The lowest BCUT2D eigenvalue weighted by Gasteiger charge is -2.06. The third-order valence-corrected chi connectivity index (χ3v) is 4.16. The number of rotatable bonds is 5. The molecule has 0 aliphatic heterocycles. The van der Waals surface area contributed by atoms with Crippen molar-refractivity contribution in [2.24, 2.45) is 5.10 Å². The molecule has 2 rings (SSSR count). The predicted molar refractivity (Wildman–Crippen MR) is 102 cm³/mol. The van der Waals surface area contributed by atoms with Crippen molar-refractivity contribution in [2.75, 3.05) is 5.32 Å². The van der Waals surface area contributed by atoms with Crippen molar-refractivity contribution in [1.82, 2.24) is 5.43 Å². The van der Waals surface area contributed by atoms with Crippen LogP contribution in [-0.2, 0) is 4.79 Å². The third-order valence-electron chi connectivity index (χ3n) is 3.12. The summed E-state index contributed by atoms with van der Waals surface area (Å²) in [4.78, 5) is 23.5. The molecule has 25 heavy (non-hydrogen) atoms. The molecule has 130 valence electrons. The second-order valence-corrected chi connectivity index (χ2v) is 6.19. The second kappa shape index (κ2) is 8.85. The van der Waals surface area contributed by atoms with Gasteiger partial charge >= 0.3 is 0 Å². The highest BCUT2D eigenvalue weighted by molar-refractivity contribution is 6.44. The summed E-state index contributed by atoms with van der Waals surface area (Å²) in [6, 6.07) is 9.61. The molecule has 0 atom stereocenters. The van der Waals surface area contributed by atoms with E-state index in [1.54, 1.807) is 37.3 Å². The SMILES string of the molecule is CCC(=O)Nc1cccc(C(=O)N/N=C/c2cc(Cl)cc(Cl)c2Cl)c1. The lowest BCUT2D eigenvalue weighted by Crippen LogP contribution is -2.18. The van der Waals surface area contributed by atoms with Gasteiger partial charge in [0, 0.05) is 28.3 Å². The van der Waals surface area contributed by atoms with Crippen LogP contribution >= 0.6 is 34.8 Å². The molecule has 2 N–H and O–H groups in total. The van der Waals surface area contributed by atoms with Crippen molar-refractivity contribution in [3.05, 3.63) is 62.6 Å². The van der Waals surface area contributed by atoms with Gasteiger partial charge in [0.05, 0.1) is 16.3 Å². The van der Waals surface area contributed by atoms with Crippen LogP contribution < -0.4 is 10.7 Å². The van der Waals surface area contributed by atoms with Crippen LogP contribution in [0.3, 0.4) is 0 Å². The Kier molecular flexibility index (Phi) is 6.82. The molecule has 5 nitrogen and oxygen atoms in total. The number of amides is 2. The van der Waals surface area contributed by atoms with Gasteiger partial charge in [0.2, 0.25) is 5.91 Å². The number of anilines is 1. The highest BCUT2D eigenvalue weighted by Gasteiger charge is 2.08. The largest absolute Gasteiger partial charge is 0.326 e. The Balaban J connectivity index is 2.08. The van der Waals surface area contributed by atoms with Gasteiger partial charge in [-0.15, -0.1) is 0 Å². The van der Waals surface area contributed by atoms with E-state index >= 15 is 0 Å². The second-order valence-electron chi connectivity index (χ2n) is 4.97. The molecule has 2 aromatic carbocycles. The van der Waals surface area contributed by atoms with Gasteiger partial charge in [-0.2, -0.15) is 5.10 Å². The molecule has 8 heteroatoms. The molecule has 2 aromatic rings. The highest BCUT2D eigenvalue weighted by atomic mass is 35.5. The monoisotopic (exact) mass is 397 g/mol. The van der Waals surface area contributed by atoms with Gasteiger partial charge in [-0.3, -0.25) is 9.59 Å². The van der Waals surface area contributed by atoms with Crippen LogP contribution in [0, 0.1) is 0 Å². The number of benzene rings is 2. The van der Waals surface area contributed by atoms with E-state index in [0.29, 0.717) is 33.3 Å². The molecular formula is C17H14Cl3N3O2. The third kappa shape index (κ3) is 5.46. The van der Waals surface area contributed by atoms with Crippen LogP contribution in [0.1, 0.15) is 29.3 Å². The van der Waals surface area contributed by atoms with E-state index in [4.69, 9.17) is 34.8 Å². The van der Waals surface area contributed by atoms with E-state index in [0.717, 1.165) is 0 Å². The fourth-order valence-corrected chi connectivity index (χ4v) is 2.55. The van der Waals surface area contributed by atoms with Gasteiger partial charge in [0.15, 0.2) is 0 Å². The number of halogens is 3. The van der Waals surface area contributed by atoms with Gasteiger partial charge in [-0.05, 0) is 30.3 Å². The first-order valence-electron chi connectivity index (χ1n) is 7.28. The Morgan fingerprint density at radius 2 is 1.92 bits per heavy atom. The van der Waals surface area contributed by atoms with Crippen molar-refractivity contribution >= 4 is 58.5 Å². The Bertz CT molecular complexity index is 838. The van der Waals surface area contributed by atoms with Crippen molar-refractivity contribution in [1.29, 1.82) is 0 Å². The maximum absolute atomic E-state index is 12.1. The number of hydrogen-bond acceptors (Lipinski definition) is 3. The first-order valence-corrected chi connectivity index (χ1v) is 8.42. The number of hydrogen-bond donors (Lipinski definition) is 2. The van der Waals surface area contributed by atoms with Gasteiger partial charge < -0.3 is 5.32 Å². The van der Waals surface area contributed by atoms with Crippen LogP contribution in [0.15, 0.2) is 41.5 Å². The molecule has 0 saturated heterocycles. The Morgan fingerprint density at radius 1 is 1.16 bits per heavy atom. The minimum absolute atomic E-state index is 0.136. The molecule has 0 saturated carbocycles. The lowest BCUT2D eigenvalue weighted by atomic mass is 10.2. The predicted octanol–water partition coefficient (Wildman–Crippen LogP) is 4.76. The average molecular weight is 399 g/mol. The van der Waals surface area contributed by atoms with Crippen molar-refractivity contribution in [2.45, 2.75) is 13.3 Å². The molecular weight excluding hydrogens is 385 g/mol. The molecule has 0 bridgehead atoms. The summed E-state index contributed by atoms with van der Waals surface area (Å²) in [7, 11) is 0. The van der Waals surface area contributed by atoms with Gasteiger partial charge in [-0.25, -0.2) is 5.43 Å². The summed E-state index contributed by atoms with van der Waals surface area (Å²) in [6.07, 6.45) is 1.70. The number of nitrogens with zero attached hydrogens (tertiary/aromatic N) is 1. The molecule has 0 aromatic heterocycles. The number of carbonyl (C=O) groups excluding carboxylic acids is 2. The summed E-state index contributed by atoms with van der Waals surface area (Å²) in [5.74, 6) is -0.573. The zero-order valence-electron chi connectivity index (χ0n) is 13.1. The normalized spacial score (nSPS) is 10.7. The smallest absolute Gasteiger partial charge is 0.271 e. The summed E-state index contributed by atoms with van der Waals surface area (Å²) >= 11 is 17.9. The fourth-order valence-electron chi connectivity index (χ4n) is 1.88. The quantitative estimate of drug-likeness (QED) is 0.433. The van der Waals surface area contributed by atoms with Gasteiger partial charge in [-0.1, -0.05) is 47.8 Å². The van der Waals surface area contributed by atoms with Crippen molar-refractivity contribution in [3.63, 3.8) is 0 Å². The Labute approximate surface area is 160 Å². The highest BCUT2D eigenvalue weighted by Crippen LogP contribution is 2.28. The van der Waals surface area contributed by atoms with Crippen LogP contribution in [0.2, 0.25) is 15.1 Å². The van der Waals surface area contributed by atoms with Crippen LogP contribution in [0.4, 0.5) is 5.69 Å². The minimum atomic E-state index is -0.437. The Hall–Kier alpha value is -2.08. The zero-order valence-corrected chi connectivity index (χ0v) is 15.4. The number of hydrazone groups is 1. The molecule has 2 amide bonds. The van der Waals surface area contributed by atoms with E-state index in [1.807, 2.05) is 0 Å². The van der Waals surface area contributed by atoms with Crippen molar-refractivity contribution in [3.8, 4) is 0 Å². The molecule has 0 radical (unpaired) electrons. The van der Waals surface area contributed by atoms with E-state index in [9.17, 15) is 9.59 Å². The molecule has 0 unspecified atom stereocenters. The topological polar surface area (TPSA) is 70.6 Å².